The van der Waals surface area contributed by atoms with Gasteiger partial charge in [0.05, 0.1) is 5.02 Å². The van der Waals surface area contributed by atoms with Crippen molar-refractivity contribution in [1.82, 2.24) is 5.32 Å². The van der Waals surface area contributed by atoms with E-state index in [4.69, 9.17) is 11.6 Å². The molecule has 1 fully saturated rings. The predicted octanol–water partition coefficient (Wildman–Crippen LogP) is 2.90. The molecule has 0 bridgehead atoms. The molecule has 0 atom stereocenters. The first-order chi connectivity index (χ1) is 5.84. The second-order valence-corrected chi connectivity index (χ2v) is 4.74. The zero-order chi connectivity index (χ0) is 8.39. The Morgan fingerprint density at radius 1 is 1.58 bits per heavy atom. The molecule has 1 aromatic heterocycles. The topological polar surface area (TPSA) is 12.0 Å². The molecular weight excluding hydrogens is 190 g/mol. The Morgan fingerprint density at radius 3 is 3.00 bits per heavy atom. The molecule has 0 amide bonds. The molecule has 1 aromatic rings. The van der Waals surface area contributed by atoms with Gasteiger partial charge in [-0.1, -0.05) is 11.6 Å². The Kier molecular flexibility index (Phi) is 2.69. The highest BCUT2D eigenvalue weighted by Crippen LogP contribution is 2.27. The Hall–Kier alpha value is -0.0500. The minimum Gasteiger partial charge on any atom is -0.312 e. The van der Waals surface area contributed by atoms with Gasteiger partial charge < -0.3 is 5.32 Å². The zero-order valence-electron chi connectivity index (χ0n) is 6.85. The summed E-state index contributed by atoms with van der Waals surface area (Å²) in [5.74, 6) is 0.959. The molecule has 3 heteroatoms. The van der Waals surface area contributed by atoms with Crippen LogP contribution < -0.4 is 5.32 Å². The van der Waals surface area contributed by atoms with Gasteiger partial charge in [-0.15, -0.1) is 11.3 Å². The van der Waals surface area contributed by atoms with Gasteiger partial charge in [-0.3, -0.25) is 0 Å². The SMILES string of the molecule is Clc1csc(CNCC2CC2)c1. The lowest BCUT2D eigenvalue weighted by Crippen LogP contribution is -2.15. The summed E-state index contributed by atoms with van der Waals surface area (Å²) in [6.45, 7) is 2.16. The Morgan fingerprint density at radius 2 is 2.42 bits per heavy atom. The zero-order valence-corrected chi connectivity index (χ0v) is 8.42. The second kappa shape index (κ2) is 3.77. The second-order valence-electron chi connectivity index (χ2n) is 3.31. The highest BCUT2D eigenvalue weighted by molar-refractivity contribution is 7.10. The van der Waals surface area contributed by atoms with E-state index in [1.807, 2.05) is 11.4 Å². The summed E-state index contributed by atoms with van der Waals surface area (Å²) in [4.78, 5) is 1.33. The van der Waals surface area contributed by atoms with Crippen molar-refractivity contribution in [2.75, 3.05) is 6.54 Å². The molecule has 0 unspecified atom stereocenters. The fourth-order valence-electron chi connectivity index (χ4n) is 1.17. The van der Waals surface area contributed by atoms with E-state index in [-0.39, 0.29) is 0 Å². The number of nitrogens with one attached hydrogen (secondary N) is 1. The summed E-state index contributed by atoms with van der Waals surface area (Å²) in [5, 5.41) is 6.27. The van der Waals surface area contributed by atoms with Crippen LogP contribution in [0.4, 0.5) is 0 Å². The summed E-state index contributed by atoms with van der Waals surface area (Å²) >= 11 is 7.52. The fourth-order valence-corrected chi connectivity index (χ4v) is 2.21. The Balaban J connectivity index is 1.71. The molecule has 2 rings (SSSR count). The van der Waals surface area contributed by atoms with E-state index in [9.17, 15) is 0 Å². The van der Waals surface area contributed by atoms with Crippen LogP contribution in [0, 0.1) is 5.92 Å². The molecule has 1 nitrogen and oxygen atoms in total. The van der Waals surface area contributed by atoms with Gasteiger partial charge in [0.2, 0.25) is 0 Å². The lowest BCUT2D eigenvalue weighted by Gasteiger charge is -1.99. The average molecular weight is 202 g/mol. The minimum atomic E-state index is 0.864. The lowest BCUT2D eigenvalue weighted by molar-refractivity contribution is 0.643. The third-order valence-corrected chi connectivity index (χ3v) is 3.34. The quantitative estimate of drug-likeness (QED) is 0.790. The fraction of sp³-hybridized carbons (Fsp3) is 0.556. The number of hydrogen-bond donors (Lipinski definition) is 1. The predicted molar refractivity (Wildman–Crippen MR) is 53.8 cm³/mol. The summed E-state index contributed by atoms with van der Waals surface area (Å²) in [5.41, 5.74) is 0. The number of hydrogen-bond acceptors (Lipinski definition) is 2. The van der Waals surface area contributed by atoms with Crippen molar-refractivity contribution in [3.63, 3.8) is 0 Å². The highest BCUT2D eigenvalue weighted by Gasteiger charge is 2.20. The molecule has 1 saturated carbocycles. The molecule has 66 valence electrons. The van der Waals surface area contributed by atoms with Crippen LogP contribution in [0.25, 0.3) is 0 Å². The van der Waals surface area contributed by atoms with E-state index in [2.05, 4.69) is 5.32 Å². The van der Waals surface area contributed by atoms with Crippen molar-refractivity contribution >= 4 is 22.9 Å². The molecular formula is C9H12ClNS. The van der Waals surface area contributed by atoms with Gasteiger partial charge in [-0.05, 0) is 31.4 Å². The van der Waals surface area contributed by atoms with E-state index < -0.39 is 0 Å². The molecule has 0 radical (unpaired) electrons. The van der Waals surface area contributed by atoms with Crippen molar-refractivity contribution < 1.29 is 0 Å². The van der Waals surface area contributed by atoms with Crippen molar-refractivity contribution in [1.29, 1.82) is 0 Å². The summed E-state index contributed by atoms with van der Waals surface area (Å²) in [6.07, 6.45) is 2.83. The van der Waals surface area contributed by atoms with Gasteiger partial charge in [-0.2, -0.15) is 0 Å². The minimum absolute atomic E-state index is 0.864. The number of rotatable bonds is 4. The van der Waals surface area contributed by atoms with E-state index >= 15 is 0 Å². The lowest BCUT2D eigenvalue weighted by atomic mass is 10.4. The van der Waals surface area contributed by atoms with Crippen LogP contribution >= 0.6 is 22.9 Å². The van der Waals surface area contributed by atoms with E-state index in [1.165, 1.54) is 24.3 Å². The molecule has 0 saturated heterocycles. The molecule has 12 heavy (non-hydrogen) atoms. The van der Waals surface area contributed by atoms with Crippen LogP contribution in [0.1, 0.15) is 17.7 Å². The molecule has 1 heterocycles. The largest absolute Gasteiger partial charge is 0.312 e. The summed E-state index contributed by atoms with van der Waals surface area (Å²) in [7, 11) is 0. The van der Waals surface area contributed by atoms with Crippen molar-refractivity contribution in [3.05, 3.63) is 21.3 Å². The van der Waals surface area contributed by atoms with Crippen LogP contribution in [0.15, 0.2) is 11.4 Å². The Bertz CT molecular complexity index is 255. The van der Waals surface area contributed by atoms with Crippen LogP contribution in [0.3, 0.4) is 0 Å². The van der Waals surface area contributed by atoms with Crippen LogP contribution in [-0.4, -0.2) is 6.54 Å². The van der Waals surface area contributed by atoms with Crippen molar-refractivity contribution in [2.45, 2.75) is 19.4 Å². The molecule has 1 aliphatic rings. The van der Waals surface area contributed by atoms with Crippen LogP contribution in [0.2, 0.25) is 5.02 Å². The molecule has 0 aromatic carbocycles. The first-order valence-electron chi connectivity index (χ1n) is 4.28. The van der Waals surface area contributed by atoms with Gasteiger partial charge in [0.15, 0.2) is 0 Å². The number of thiophene rings is 1. The Labute approximate surface area is 81.7 Å². The van der Waals surface area contributed by atoms with Crippen molar-refractivity contribution in [2.24, 2.45) is 5.92 Å². The molecule has 0 aliphatic heterocycles. The van der Waals surface area contributed by atoms with Gasteiger partial charge in [-0.25, -0.2) is 0 Å². The maximum Gasteiger partial charge on any atom is 0.0516 e. The van der Waals surface area contributed by atoms with Crippen LogP contribution in [-0.2, 0) is 6.54 Å². The molecule has 1 aliphatic carbocycles. The standard InChI is InChI=1S/C9H12ClNS/c10-8-3-9(12-6-8)5-11-4-7-1-2-7/h3,6-7,11H,1-2,4-5H2. The third-order valence-electron chi connectivity index (χ3n) is 2.05. The van der Waals surface area contributed by atoms with E-state index in [1.54, 1.807) is 11.3 Å². The summed E-state index contributed by atoms with van der Waals surface area (Å²) in [6, 6.07) is 2.03. The summed E-state index contributed by atoms with van der Waals surface area (Å²) < 4.78 is 0. The monoisotopic (exact) mass is 201 g/mol. The molecule has 1 N–H and O–H groups in total. The van der Waals surface area contributed by atoms with Gasteiger partial charge >= 0.3 is 0 Å². The van der Waals surface area contributed by atoms with E-state index in [0.29, 0.717) is 0 Å². The number of halogens is 1. The normalized spacial score (nSPS) is 16.8. The highest BCUT2D eigenvalue weighted by atomic mass is 35.5. The van der Waals surface area contributed by atoms with Crippen LogP contribution in [0.5, 0.6) is 0 Å². The third kappa shape index (κ3) is 2.47. The average Bonchev–Trinajstić information content (AvgIpc) is 2.76. The van der Waals surface area contributed by atoms with Gasteiger partial charge in [0.1, 0.15) is 0 Å². The van der Waals surface area contributed by atoms with Crippen molar-refractivity contribution in [3.8, 4) is 0 Å². The first kappa shape index (κ1) is 8.54. The molecule has 0 spiro atoms. The smallest absolute Gasteiger partial charge is 0.0516 e. The van der Waals surface area contributed by atoms with Gasteiger partial charge in [0.25, 0.3) is 0 Å². The first-order valence-corrected chi connectivity index (χ1v) is 5.54. The maximum absolute atomic E-state index is 5.80. The van der Waals surface area contributed by atoms with E-state index in [0.717, 1.165) is 17.5 Å². The van der Waals surface area contributed by atoms with Gasteiger partial charge in [0, 0.05) is 16.8 Å². The maximum atomic E-state index is 5.80.